The topological polar surface area (TPSA) is 37.3 Å². The molecule has 0 aliphatic rings. The van der Waals surface area contributed by atoms with Crippen molar-refractivity contribution in [1.29, 1.82) is 0 Å². The Hall–Kier alpha value is -2.35. The van der Waals surface area contributed by atoms with Crippen LogP contribution in [0.15, 0.2) is 60.2 Å². The van der Waals surface area contributed by atoms with Crippen molar-refractivity contribution in [3.8, 4) is 5.75 Å². The van der Waals surface area contributed by atoms with Gasteiger partial charge in [-0.25, -0.2) is 0 Å². The highest BCUT2D eigenvalue weighted by Gasteiger charge is 2.08. The Labute approximate surface area is 106 Å². The van der Waals surface area contributed by atoms with Crippen LogP contribution < -0.4 is 0 Å². The first-order valence-electron chi connectivity index (χ1n) is 5.74. The van der Waals surface area contributed by atoms with E-state index in [-0.39, 0.29) is 11.5 Å². The van der Waals surface area contributed by atoms with Crippen molar-refractivity contribution >= 4 is 11.9 Å². The molecule has 2 aromatic rings. The van der Waals surface area contributed by atoms with Crippen LogP contribution in [0.25, 0.3) is 6.08 Å². The minimum absolute atomic E-state index is 0.0288. The Morgan fingerprint density at radius 2 is 1.61 bits per heavy atom. The lowest BCUT2D eigenvalue weighted by atomic mass is 10.0. The first-order valence-corrected chi connectivity index (χ1v) is 5.74. The van der Waals surface area contributed by atoms with Gasteiger partial charge in [-0.1, -0.05) is 48.5 Å². The van der Waals surface area contributed by atoms with Crippen molar-refractivity contribution in [2.75, 3.05) is 0 Å². The van der Waals surface area contributed by atoms with E-state index in [9.17, 15) is 9.90 Å². The lowest BCUT2D eigenvalue weighted by Crippen LogP contribution is -1.99. The number of carbonyl (C=O) groups is 1. The number of allylic oxidation sites excluding steroid dienone is 1. The zero-order chi connectivity index (χ0) is 13.0. The molecule has 0 aromatic heterocycles. The summed E-state index contributed by atoms with van der Waals surface area (Å²) in [6.45, 7) is 1.75. The van der Waals surface area contributed by atoms with E-state index in [4.69, 9.17) is 0 Å². The molecule has 0 heterocycles. The van der Waals surface area contributed by atoms with Crippen molar-refractivity contribution < 1.29 is 9.90 Å². The smallest absolute Gasteiger partial charge is 0.188 e. The van der Waals surface area contributed by atoms with E-state index >= 15 is 0 Å². The Balaban J connectivity index is 2.30. The molecule has 0 unspecified atom stereocenters. The molecule has 0 fully saturated rings. The van der Waals surface area contributed by atoms with E-state index in [1.165, 1.54) is 0 Å². The number of carbonyl (C=O) groups excluding carboxylic acids is 1. The molecule has 0 spiro atoms. The molecule has 2 heteroatoms. The maximum atomic E-state index is 12.1. The van der Waals surface area contributed by atoms with Crippen LogP contribution in [0, 0.1) is 0 Å². The van der Waals surface area contributed by atoms with Crippen LogP contribution >= 0.6 is 0 Å². The molecule has 2 rings (SSSR count). The van der Waals surface area contributed by atoms with Crippen molar-refractivity contribution in [3.63, 3.8) is 0 Å². The number of benzene rings is 2. The third kappa shape index (κ3) is 2.66. The number of Topliss-reactive ketones (excluding diaryl/α,β-unsaturated/α-hetero) is 1. The van der Waals surface area contributed by atoms with Crippen molar-refractivity contribution in [3.05, 3.63) is 71.3 Å². The molecule has 2 nitrogen and oxygen atoms in total. The Bertz CT molecular complexity index is 583. The van der Waals surface area contributed by atoms with E-state index in [1.54, 1.807) is 43.3 Å². The molecular weight excluding hydrogens is 224 g/mol. The molecule has 90 valence electrons. The summed E-state index contributed by atoms with van der Waals surface area (Å²) < 4.78 is 0. The third-order valence-corrected chi connectivity index (χ3v) is 2.70. The Morgan fingerprint density at radius 3 is 2.28 bits per heavy atom. The van der Waals surface area contributed by atoms with Crippen molar-refractivity contribution in [1.82, 2.24) is 0 Å². The van der Waals surface area contributed by atoms with Crippen LogP contribution in [0.2, 0.25) is 0 Å². The molecule has 0 bridgehead atoms. The van der Waals surface area contributed by atoms with Gasteiger partial charge in [-0.05, 0) is 24.6 Å². The lowest BCUT2D eigenvalue weighted by molar-refractivity contribution is 0.103. The molecule has 0 aliphatic carbocycles. The zero-order valence-corrected chi connectivity index (χ0v) is 10.1. The quantitative estimate of drug-likeness (QED) is 0.654. The number of phenolic OH excluding ortho intramolecular Hbond substituents is 1. The molecule has 0 radical (unpaired) electrons. The Morgan fingerprint density at radius 1 is 1.00 bits per heavy atom. The maximum absolute atomic E-state index is 12.1. The molecule has 1 N–H and O–H groups in total. The van der Waals surface area contributed by atoms with Gasteiger partial charge in [-0.15, -0.1) is 0 Å². The summed E-state index contributed by atoms with van der Waals surface area (Å²) in [5.41, 5.74) is 1.91. The molecular formula is C16H14O2. The normalized spacial score (nSPS) is 11.3. The minimum atomic E-state index is -0.0288. The van der Waals surface area contributed by atoms with E-state index in [2.05, 4.69) is 0 Å². The highest BCUT2D eigenvalue weighted by atomic mass is 16.3. The first-order chi connectivity index (χ1) is 8.68. The molecule has 0 aliphatic heterocycles. The van der Waals surface area contributed by atoms with Crippen LogP contribution in [0.5, 0.6) is 5.75 Å². The fourth-order valence-electron chi connectivity index (χ4n) is 1.73. The van der Waals surface area contributed by atoms with Crippen LogP contribution in [-0.4, -0.2) is 10.9 Å². The zero-order valence-electron chi connectivity index (χ0n) is 10.1. The van der Waals surface area contributed by atoms with Crippen molar-refractivity contribution in [2.45, 2.75) is 6.92 Å². The monoisotopic (exact) mass is 238 g/mol. The summed E-state index contributed by atoms with van der Waals surface area (Å²) in [6.07, 6.45) is 1.70. The number of para-hydroxylation sites is 1. The third-order valence-electron chi connectivity index (χ3n) is 2.70. The number of aromatic hydroxyl groups is 1. The molecule has 2 aromatic carbocycles. The molecule has 0 amide bonds. The Kier molecular flexibility index (Phi) is 3.58. The van der Waals surface area contributed by atoms with Gasteiger partial charge in [-0.2, -0.15) is 0 Å². The molecule has 0 saturated heterocycles. The average Bonchev–Trinajstić information content (AvgIpc) is 2.41. The van der Waals surface area contributed by atoms with E-state index in [0.29, 0.717) is 16.7 Å². The van der Waals surface area contributed by atoms with E-state index in [1.807, 2.05) is 24.3 Å². The number of ketones is 1. The predicted octanol–water partition coefficient (Wildman–Crippen LogP) is 3.68. The minimum Gasteiger partial charge on any atom is -0.507 e. The summed E-state index contributed by atoms with van der Waals surface area (Å²) in [5.74, 6) is 0.150. The highest BCUT2D eigenvalue weighted by molar-refractivity contribution is 6.10. The van der Waals surface area contributed by atoms with Crippen molar-refractivity contribution in [2.24, 2.45) is 0 Å². The standard InChI is InChI=1S/C16H14O2/c1-12(11-14-9-5-6-10-15(14)17)16(18)13-7-3-2-4-8-13/h2-11,17H,1H3/b12-11-. The molecule has 18 heavy (non-hydrogen) atoms. The first kappa shape index (κ1) is 12.1. The molecule has 0 saturated carbocycles. The summed E-state index contributed by atoms with van der Waals surface area (Å²) >= 11 is 0. The maximum Gasteiger partial charge on any atom is 0.188 e. The number of rotatable bonds is 3. The SMILES string of the molecule is C/C(=C/c1ccccc1O)C(=O)c1ccccc1. The van der Waals surface area contributed by atoms with Gasteiger partial charge in [0.15, 0.2) is 5.78 Å². The summed E-state index contributed by atoms with van der Waals surface area (Å²) in [6, 6.07) is 16.1. The largest absolute Gasteiger partial charge is 0.507 e. The predicted molar refractivity (Wildman–Crippen MR) is 72.5 cm³/mol. The second-order valence-corrected chi connectivity index (χ2v) is 4.08. The number of hydrogen-bond acceptors (Lipinski definition) is 2. The van der Waals surface area contributed by atoms with Gasteiger partial charge in [0, 0.05) is 11.1 Å². The fraction of sp³-hybridized carbons (Fsp3) is 0.0625. The van der Waals surface area contributed by atoms with Crippen LogP contribution in [0.3, 0.4) is 0 Å². The van der Waals surface area contributed by atoms with Gasteiger partial charge in [0.1, 0.15) is 5.75 Å². The fourth-order valence-corrected chi connectivity index (χ4v) is 1.73. The summed E-state index contributed by atoms with van der Waals surface area (Å²) in [5, 5.41) is 9.66. The van der Waals surface area contributed by atoms with E-state index < -0.39 is 0 Å². The van der Waals surface area contributed by atoms with Gasteiger partial charge in [0.25, 0.3) is 0 Å². The van der Waals surface area contributed by atoms with Crippen LogP contribution in [-0.2, 0) is 0 Å². The lowest BCUT2D eigenvalue weighted by Gasteiger charge is -2.02. The second kappa shape index (κ2) is 5.32. The number of phenols is 1. The van der Waals surface area contributed by atoms with Crippen LogP contribution in [0.4, 0.5) is 0 Å². The molecule has 0 atom stereocenters. The van der Waals surface area contributed by atoms with Gasteiger partial charge in [0.05, 0.1) is 0 Å². The van der Waals surface area contributed by atoms with Gasteiger partial charge in [-0.3, -0.25) is 4.79 Å². The summed E-state index contributed by atoms with van der Waals surface area (Å²) in [4.78, 5) is 12.1. The van der Waals surface area contributed by atoms with Gasteiger partial charge < -0.3 is 5.11 Å². The van der Waals surface area contributed by atoms with Crippen LogP contribution in [0.1, 0.15) is 22.8 Å². The van der Waals surface area contributed by atoms with E-state index in [0.717, 1.165) is 0 Å². The van der Waals surface area contributed by atoms with Gasteiger partial charge >= 0.3 is 0 Å². The van der Waals surface area contributed by atoms with Gasteiger partial charge in [0.2, 0.25) is 0 Å². The highest BCUT2D eigenvalue weighted by Crippen LogP contribution is 2.20. The summed E-state index contributed by atoms with van der Waals surface area (Å²) in [7, 11) is 0. The second-order valence-electron chi connectivity index (χ2n) is 4.08. The average molecular weight is 238 g/mol. The number of hydrogen-bond donors (Lipinski definition) is 1.